The molecule has 0 radical (unpaired) electrons. The average Bonchev–Trinajstić information content (AvgIpc) is 2.85. The third-order valence-corrected chi connectivity index (χ3v) is 4.48. The molecule has 1 unspecified atom stereocenters. The Hall–Kier alpha value is -1.20. The van der Waals surface area contributed by atoms with Crippen LogP contribution in [0.5, 0.6) is 0 Å². The fourth-order valence-corrected chi connectivity index (χ4v) is 3.23. The number of rotatable bonds is 4. The van der Waals surface area contributed by atoms with Gasteiger partial charge in [-0.05, 0) is 42.5 Å². The Kier molecular flexibility index (Phi) is 4.17. The quantitative estimate of drug-likeness (QED) is 0.932. The first-order valence-corrected chi connectivity index (χ1v) is 7.85. The molecule has 1 aromatic carbocycles. The lowest BCUT2D eigenvalue weighted by Gasteiger charge is -2.25. The van der Waals surface area contributed by atoms with Gasteiger partial charge in [-0.25, -0.2) is 0 Å². The van der Waals surface area contributed by atoms with E-state index in [0.717, 1.165) is 31.6 Å². The summed E-state index contributed by atoms with van der Waals surface area (Å²) in [6.45, 7) is 0.961. The summed E-state index contributed by atoms with van der Waals surface area (Å²) in [6, 6.07) is 7.22. The molecule has 0 fully saturated rings. The van der Waals surface area contributed by atoms with E-state index < -0.39 is 0 Å². The van der Waals surface area contributed by atoms with E-state index in [9.17, 15) is 0 Å². The van der Waals surface area contributed by atoms with Crippen LogP contribution in [-0.2, 0) is 26.3 Å². The van der Waals surface area contributed by atoms with Crippen molar-refractivity contribution in [3.05, 3.63) is 46.0 Å². The molecule has 1 atom stereocenters. The number of fused-ring (bicyclic) bond motifs is 1. The molecule has 4 nitrogen and oxygen atoms in total. The fraction of sp³-hybridized carbons (Fsp3) is 0.467. The molecule has 1 N–H and O–H groups in total. The Morgan fingerprint density at radius 3 is 3.10 bits per heavy atom. The lowest BCUT2D eigenvalue weighted by atomic mass is 9.88. The molecule has 0 saturated carbocycles. The Labute approximate surface area is 127 Å². The first-order chi connectivity index (χ1) is 9.72. The van der Waals surface area contributed by atoms with Crippen molar-refractivity contribution in [2.75, 3.05) is 6.54 Å². The summed E-state index contributed by atoms with van der Waals surface area (Å²) in [5.74, 6) is 1.04. The van der Waals surface area contributed by atoms with Crippen LogP contribution in [-0.4, -0.2) is 27.4 Å². The molecule has 0 amide bonds. The number of aromatic nitrogens is 3. The standard InChI is InChI=1S/C15H19BrN4/c1-20-10-18-19-15(20)6-7-17-14-5-3-11-8-13(16)4-2-12(11)9-14/h2,4,8,10,14,17H,3,5-7,9H2,1H3. The zero-order chi connectivity index (χ0) is 13.9. The average molecular weight is 335 g/mol. The maximum absolute atomic E-state index is 4.11. The molecule has 20 heavy (non-hydrogen) atoms. The van der Waals surface area contributed by atoms with Gasteiger partial charge in [0, 0.05) is 30.5 Å². The molecule has 3 rings (SSSR count). The summed E-state index contributed by atoms with van der Waals surface area (Å²) in [4.78, 5) is 0. The number of benzene rings is 1. The molecule has 0 aliphatic heterocycles. The molecule has 1 heterocycles. The van der Waals surface area contributed by atoms with Crippen molar-refractivity contribution in [3.8, 4) is 0 Å². The summed E-state index contributed by atoms with van der Waals surface area (Å²) in [5.41, 5.74) is 2.97. The summed E-state index contributed by atoms with van der Waals surface area (Å²) in [5, 5.41) is 11.7. The molecule has 5 heteroatoms. The van der Waals surface area contributed by atoms with Gasteiger partial charge in [-0.3, -0.25) is 0 Å². The highest BCUT2D eigenvalue weighted by Crippen LogP contribution is 2.24. The fourth-order valence-electron chi connectivity index (χ4n) is 2.82. The van der Waals surface area contributed by atoms with Gasteiger partial charge in [-0.1, -0.05) is 22.0 Å². The molecule has 1 aromatic heterocycles. The molecule has 106 valence electrons. The SMILES string of the molecule is Cn1cnnc1CCNC1CCc2cc(Br)ccc2C1. The summed E-state index contributed by atoms with van der Waals surface area (Å²) in [6.07, 6.45) is 6.18. The maximum Gasteiger partial charge on any atom is 0.133 e. The van der Waals surface area contributed by atoms with Gasteiger partial charge >= 0.3 is 0 Å². The summed E-state index contributed by atoms with van der Waals surface area (Å²) < 4.78 is 3.17. The van der Waals surface area contributed by atoms with E-state index in [1.54, 1.807) is 6.33 Å². The lowest BCUT2D eigenvalue weighted by Crippen LogP contribution is -2.36. The molecule has 1 aliphatic rings. The number of aryl methyl sites for hydroxylation is 2. The minimum absolute atomic E-state index is 0.580. The third-order valence-electron chi connectivity index (χ3n) is 3.98. The topological polar surface area (TPSA) is 42.7 Å². The predicted octanol–water partition coefficient (Wildman–Crippen LogP) is 2.27. The van der Waals surface area contributed by atoms with Crippen molar-refractivity contribution in [2.45, 2.75) is 31.7 Å². The van der Waals surface area contributed by atoms with E-state index in [1.165, 1.54) is 22.0 Å². The van der Waals surface area contributed by atoms with Crippen molar-refractivity contribution in [1.82, 2.24) is 20.1 Å². The first-order valence-electron chi connectivity index (χ1n) is 7.06. The highest BCUT2D eigenvalue weighted by Gasteiger charge is 2.18. The van der Waals surface area contributed by atoms with Crippen molar-refractivity contribution in [1.29, 1.82) is 0 Å². The van der Waals surface area contributed by atoms with Crippen LogP contribution in [0, 0.1) is 0 Å². The zero-order valence-corrected chi connectivity index (χ0v) is 13.2. The molecule has 0 spiro atoms. The van der Waals surface area contributed by atoms with Crippen LogP contribution in [0.1, 0.15) is 23.4 Å². The van der Waals surface area contributed by atoms with Crippen LogP contribution >= 0.6 is 15.9 Å². The first kappa shape index (κ1) is 13.8. The second kappa shape index (κ2) is 6.06. The number of halogens is 1. The zero-order valence-electron chi connectivity index (χ0n) is 11.6. The smallest absolute Gasteiger partial charge is 0.133 e. The van der Waals surface area contributed by atoms with Crippen molar-refractivity contribution >= 4 is 15.9 Å². The van der Waals surface area contributed by atoms with Crippen LogP contribution < -0.4 is 5.32 Å². The highest BCUT2D eigenvalue weighted by atomic mass is 79.9. The van der Waals surface area contributed by atoms with Gasteiger partial charge in [0.05, 0.1) is 0 Å². The summed E-state index contributed by atoms with van der Waals surface area (Å²) >= 11 is 3.55. The van der Waals surface area contributed by atoms with Crippen LogP contribution in [0.4, 0.5) is 0 Å². The molecular formula is C15H19BrN4. The maximum atomic E-state index is 4.11. The minimum Gasteiger partial charge on any atom is -0.321 e. The second-order valence-corrected chi connectivity index (χ2v) is 6.33. The molecule has 1 aliphatic carbocycles. The van der Waals surface area contributed by atoms with Gasteiger partial charge in [0.1, 0.15) is 12.2 Å². The summed E-state index contributed by atoms with van der Waals surface area (Å²) in [7, 11) is 1.99. The normalized spacial score (nSPS) is 18.0. The van der Waals surface area contributed by atoms with Gasteiger partial charge in [0.25, 0.3) is 0 Å². The van der Waals surface area contributed by atoms with E-state index in [1.807, 2.05) is 11.6 Å². The van der Waals surface area contributed by atoms with Gasteiger partial charge < -0.3 is 9.88 Å². The largest absolute Gasteiger partial charge is 0.321 e. The van der Waals surface area contributed by atoms with Crippen molar-refractivity contribution in [2.24, 2.45) is 7.05 Å². The monoisotopic (exact) mass is 334 g/mol. The highest BCUT2D eigenvalue weighted by molar-refractivity contribution is 9.10. The van der Waals surface area contributed by atoms with E-state index in [-0.39, 0.29) is 0 Å². The Morgan fingerprint density at radius 2 is 2.30 bits per heavy atom. The van der Waals surface area contributed by atoms with Crippen molar-refractivity contribution < 1.29 is 0 Å². The Bertz CT molecular complexity index is 593. The minimum atomic E-state index is 0.580. The van der Waals surface area contributed by atoms with E-state index >= 15 is 0 Å². The van der Waals surface area contributed by atoms with Gasteiger partial charge in [0.2, 0.25) is 0 Å². The van der Waals surface area contributed by atoms with Gasteiger partial charge in [-0.15, -0.1) is 10.2 Å². The number of nitrogens with one attached hydrogen (secondary N) is 1. The lowest BCUT2D eigenvalue weighted by molar-refractivity contribution is 0.458. The van der Waals surface area contributed by atoms with Crippen LogP contribution in [0.25, 0.3) is 0 Å². The van der Waals surface area contributed by atoms with Crippen LogP contribution in [0.15, 0.2) is 29.0 Å². The van der Waals surface area contributed by atoms with Crippen LogP contribution in [0.3, 0.4) is 0 Å². The predicted molar refractivity (Wildman–Crippen MR) is 82.7 cm³/mol. The molecular weight excluding hydrogens is 316 g/mol. The van der Waals surface area contributed by atoms with E-state index in [4.69, 9.17) is 0 Å². The molecule has 2 aromatic rings. The second-order valence-electron chi connectivity index (χ2n) is 5.41. The Morgan fingerprint density at radius 1 is 1.40 bits per heavy atom. The van der Waals surface area contributed by atoms with Crippen LogP contribution in [0.2, 0.25) is 0 Å². The van der Waals surface area contributed by atoms with E-state index in [2.05, 4.69) is 49.6 Å². The number of hydrogen-bond acceptors (Lipinski definition) is 3. The number of nitrogens with zero attached hydrogens (tertiary/aromatic N) is 3. The molecule has 0 saturated heterocycles. The van der Waals surface area contributed by atoms with Crippen molar-refractivity contribution in [3.63, 3.8) is 0 Å². The molecule has 0 bridgehead atoms. The Balaban J connectivity index is 1.53. The third kappa shape index (κ3) is 3.10. The van der Waals surface area contributed by atoms with E-state index in [0.29, 0.717) is 6.04 Å². The van der Waals surface area contributed by atoms with Gasteiger partial charge in [0.15, 0.2) is 0 Å². The van der Waals surface area contributed by atoms with Gasteiger partial charge in [-0.2, -0.15) is 0 Å². The number of hydrogen-bond donors (Lipinski definition) is 1.